The molecule has 4 nitrogen and oxygen atoms in total. The van der Waals surface area contributed by atoms with E-state index in [-0.39, 0.29) is 10.7 Å². The number of hydrogen-bond donors (Lipinski definition) is 2. The molecule has 2 aromatic heterocycles. The third-order valence-electron chi connectivity index (χ3n) is 4.14. The summed E-state index contributed by atoms with van der Waals surface area (Å²) in [6.07, 6.45) is 1.71. The average Bonchev–Trinajstić information content (AvgIpc) is 2.94. The highest BCUT2D eigenvalue weighted by molar-refractivity contribution is 6.39. The fourth-order valence-electron chi connectivity index (χ4n) is 2.90. The standard InChI is InChI=1S/C19H13ClFN3O/c1-10-4-6-14(12-3-2-8-22-17(10)12)24-19(25)18-16(20)13-9-11(21)5-7-15(13)23-18/h2-9,23H,1H3,(H,24,25). The van der Waals surface area contributed by atoms with Crippen molar-refractivity contribution >= 4 is 45.0 Å². The molecule has 4 rings (SSSR count). The van der Waals surface area contributed by atoms with Crippen molar-refractivity contribution in [1.82, 2.24) is 9.97 Å². The Kier molecular flexibility index (Phi) is 3.66. The van der Waals surface area contributed by atoms with E-state index in [0.29, 0.717) is 16.6 Å². The maximum Gasteiger partial charge on any atom is 0.273 e. The molecule has 0 bridgehead atoms. The van der Waals surface area contributed by atoms with Gasteiger partial charge in [0.15, 0.2) is 0 Å². The highest BCUT2D eigenvalue weighted by Crippen LogP contribution is 2.30. The predicted molar refractivity (Wildman–Crippen MR) is 97.7 cm³/mol. The number of H-pyrrole nitrogens is 1. The molecule has 0 saturated carbocycles. The normalized spacial score (nSPS) is 11.2. The summed E-state index contributed by atoms with van der Waals surface area (Å²) in [5.41, 5.74) is 3.28. The molecule has 25 heavy (non-hydrogen) atoms. The molecular formula is C19H13ClFN3O. The molecule has 0 aliphatic rings. The average molecular weight is 354 g/mol. The summed E-state index contributed by atoms with van der Waals surface area (Å²) < 4.78 is 13.4. The number of benzene rings is 2. The Morgan fingerprint density at radius 2 is 2.04 bits per heavy atom. The van der Waals surface area contributed by atoms with Crippen molar-refractivity contribution in [2.45, 2.75) is 6.92 Å². The number of halogens is 2. The van der Waals surface area contributed by atoms with E-state index < -0.39 is 11.7 Å². The second kappa shape index (κ2) is 5.86. The lowest BCUT2D eigenvalue weighted by Crippen LogP contribution is -2.13. The van der Waals surface area contributed by atoms with Gasteiger partial charge >= 0.3 is 0 Å². The number of pyridine rings is 1. The zero-order chi connectivity index (χ0) is 17.6. The van der Waals surface area contributed by atoms with Crippen molar-refractivity contribution in [3.63, 3.8) is 0 Å². The van der Waals surface area contributed by atoms with Crippen LogP contribution in [0.25, 0.3) is 21.8 Å². The molecule has 2 heterocycles. The van der Waals surface area contributed by atoms with E-state index in [4.69, 9.17) is 11.6 Å². The van der Waals surface area contributed by atoms with E-state index >= 15 is 0 Å². The van der Waals surface area contributed by atoms with Crippen LogP contribution in [0.1, 0.15) is 16.1 Å². The molecule has 0 unspecified atom stereocenters. The fraction of sp³-hybridized carbons (Fsp3) is 0.0526. The Morgan fingerprint density at radius 1 is 1.20 bits per heavy atom. The van der Waals surface area contributed by atoms with E-state index in [1.165, 1.54) is 12.1 Å². The van der Waals surface area contributed by atoms with Crippen LogP contribution in [0.5, 0.6) is 0 Å². The minimum atomic E-state index is -0.407. The smallest absolute Gasteiger partial charge is 0.273 e. The molecule has 0 aliphatic heterocycles. The number of aromatic amines is 1. The monoisotopic (exact) mass is 353 g/mol. The molecular weight excluding hydrogens is 341 g/mol. The van der Waals surface area contributed by atoms with Crippen LogP contribution in [-0.2, 0) is 0 Å². The van der Waals surface area contributed by atoms with Crippen LogP contribution in [0, 0.1) is 12.7 Å². The maximum absolute atomic E-state index is 13.4. The number of aromatic nitrogens is 2. The summed E-state index contributed by atoms with van der Waals surface area (Å²) in [4.78, 5) is 20.0. The molecule has 0 spiro atoms. The van der Waals surface area contributed by atoms with Crippen molar-refractivity contribution in [1.29, 1.82) is 0 Å². The lowest BCUT2D eigenvalue weighted by atomic mass is 10.1. The number of aryl methyl sites for hydroxylation is 1. The van der Waals surface area contributed by atoms with Crippen molar-refractivity contribution in [3.05, 3.63) is 70.8 Å². The number of carbonyl (C=O) groups excluding carboxylic acids is 1. The Bertz CT molecular complexity index is 1140. The highest BCUT2D eigenvalue weighted by Gasteiger charge is 2.18. The van der Waals surface area contributed by atoms with E-state index in [9.17, 15) is 9.18 Å². The first kappa shape index (κ1) is 15.6. The van der Waals surface area contributed by atoms with Crippen LogP contribution in [0.3, 0.4) is 0 Å². The molecule has 0 radical (unpaired) electrons. The Morgan fingerprint density at radius 3 is 2.88 bits per heavy atom. The Labute approximate surface area is 147 Å². The third-order valence-corrected chi connectivity index (χ3v) is 4.54. The van der Waals surface area contributed by atoms with E-state index in [1.54, 1.807) is 12.3 Å². The van der Waals surface area contributed by atoms with Gasteiger partial charge in [0.2, 0.25) is 0 Å². The number of fused-ring (bicyclic) bond motifs is 2. The number of nitrogens with one attached hydrogen (secondary N) is 2. The summed E-state index contributed by atoms with van der Waals surface area (Å²) in [6.45, 7) is 1.96. The molecule has 4 aromatic rings. The van der Waals surface area contributed by atoms with Gasteiger partial charge in [0, 0.05) is 22.5 Å². The number of nitrogens with zero attached hydrogens (tertiary/aromatic N) is 1. The second-order valence-corrected chi connectivity index (χ2v) is 6.17. The molecule has 0 saturated heterocycles. The summed E-state index contributed by atoms with van der Waals surface area (Å²) in [6, 6.07) is 11.6. The van der Waals surface area contributed by atoms with Gasteiger partial charge in [0.05, 0.1) is 16.2 Å². The number of hydrogen-bond acceptors (Lipinski definition) is 2. The first-order valence-corrected chi connectivity index (χ1v) is 8.05. The predicted octanol–water partition coefficient (Wildman–Crippen LogP) is 5.07. The van der Waals surface area contributed by atoms with Crippen LogP contribution >= 0.6 is 11.6 Å². The fourth-order valence-corrected chi connectivity index (χ4v) is 3.18. The molecule has 2 aromatic carbocycles. The minimum Gasteiger partial charge on any atom is -0.349 e. The first-order valence-electron chi connectivity index (χ1n) is 7.67. The van der Waals surface area contributed by atoms with E-state index in [0.717, 1.165) is 16.5 Å². The van der Waals surface area contributed by atoms with Crippen molar-refractivity contribution in [2.24, 2.45) is 0 Å². The second-order valence-electron chi connectivity index (χ2n) is 5.79. The van der Waals surface area contributed by atoms with Gasteiger partial charge in [0.25, 0.3) is 5.91 Å². The van der Waals surface area contributed by atoms with Crippen LogP contribution in [-0.4, -0.2) is 15.9 Å². The van der Waals surface area contributed by atoms with Crippen molar-refractivity contribution in [3.8, 4) is 0 Å². The number of rotatable bonds is 2. The molecule has 0 fully saturated rings. The molecule has 124 valence electrons. The van der Waals surface area contributed by atoms with Gasteiger partial charge in [-0.2, -0.15) is 0 Å². The Balaban J connectivity index is 1.76. The van der Waals surface area contributed by atoms with Crippen LogP contribution in [0.2, 0.25) is 5.02 Å². The lowest BCUT2D eigenvalue weighted by molar-refractivity contribution is 0.102. The molecule has 6 heteroatoms. The van der Waals surface area contributed by atoms with Gasteiger partial charge < -0.3 is 10.3 Å². The van der Waals surface area contributed by atoms with Gasteiger partial charge in [-0.25, -0.2) is 4.39 Å². The minimum absolute atomic E-state index is 0.194. The topological polar surface area (TPSA) is 57.8 Å². The first-order chi connectivity index (χ1) is 12.0. The van der Waals surface area contributed by atoms with Gasteiger partial charge in [-0.3, -0.25) is 9.78 Å². The largest absolute Gasteiger partial charge is 0.349 e. The lowest BCUT2D eigenvalue weighted by Gasteiger charge is -2.09. The molecule has 0 aliphatic carbocycles. The summed E-state index contributed by atoms with van der Waals surface area (Å²) in [5.74, 6) is -0.799. The SMILES string of the molecule is Cc1ccc(NC(=O)c2[nH]c3ccc(F)cc3c2Cl)c2cccnc12. The summed E-state index contributed by atoms with van der Waals surface area (Å²) >= 11 is 6.26. The Hall–Kier alpha value is -2.92. The summed E-state index contributed by atoms with van der Waals surface area (Å²) in [7, 11) is 0. The zero-order valence-electron chi connectivity index (χ0n) is 13.2. The quantitative estimate of drug-likeness (QED) is 0.528. The highest BCUT2D eigenvalue weighted by atomic mass is 35.5. The van der Waals surface area contributed by atoms with E-state index in [2.05, 4.69) is 15.3 Å². The molecule has 1 amide bonds. The molecule has 2 N–H and O–H groups in total. The van der Waals surface area contributed by atoms with Gasteiger partial charge in [-0.05, 0) is 48.9 Å². The van der Waals surface area contributed by atoms with Crippen molar-refractivity contribution in [2.75, 3.05) is 5.32 Å². The number of anilines is 1. The molecule has 0 atom stereocenters. The van der Waals surface area contributed by atoms with Crippen molar-refractivity contribution < 1.29 is 9.18 Å². The van der Waals surface area contributed by atoms with Gasteiger partial charge in [-0.1, -0.05) is 17.7 Å². The summed E-state index contributed by atoms with van der Waals surface area (Å²) in [5, 5.41) is 4.37. The third kappa shape index (κ3) is 2.62. The van der Waals surface area contributed by atoms with Gasteiger partial charge in [0.1, 0.15) is 11.5 Å². The zero-order valence-corrected chi connectivity index (χ0v) is 14.0. The van der Waals surface area contributed by atoms with E-state index in [1.807, 2.05) is 31.2 Å². The maximum atomic E-state index is 13.4. The van der Waals surface area contributed by atoms with Crippen LogP contribution < -0.4 is 5.32 Å². The van der Waals surface area contributed by atoms with Crippen LogP contribution in [0.4, 0.5) is 10.1 Å². The van der Waals surface area contributed by atoms with Gasteiger partial charge in [-0.15, -0.1) is 0 Å². The number of amides is 1. The van der Waals surface area contributed by atoms with Crippen LogP contribution in [0.15, 0.2) is 48.7 Å². The number of carbonyl (C=O) groups is 1.